The summed E-state index contributed by atoms with van der Waals surface area (Å²) in [6.07, 6.45) is 0.454. The molecule has 2 N–H and O–H groups in total. The standard InChI is InChI=1S/C7H7ClINO2/c8-7-6(12)5(9)3-4(10-7)1-2-11/h3,11-12H,1-2H2. The molecule has 1 heterocycles. The van der Waals surface area contributed by atoms with Gasteiger partial charge < -0.3 is 10.2 Å². The van der Waals surface area contributed by atoms with Gasteiger partial charge in [0.25, 0.3) is 0 Å². The quantitative estimate of drug-likeness (QED) is 0.644. The van der Waals surface area contributed by atoms with E-state index in [-0.39, 0.29) is 17.5 Å². The van der Waals surface area contributed by atoms with E-state index in [1.807, 2.05) is 22.6 Å². The average Bonchev–Trinajstić information content (AvgIpc) is 2.01. The summed E-state index contributed by atoms with van der Waals surface area (Å²) >= 11 is 7.57. The Morgan fingerprint density at radius 2 is 2.25 bits per heavy atom. The minimum atomic E-state index is -0.000966. The molecule has 12 heavy (non-hydrogen) atoms. The fourth-order valence-electron chi connectivity index (χ4n) is 0.767. The molecule has 1 aromatic rings. The Kier molecular flexibility index (Phi) is 3.54. The zero-order chi connectivity index (χ0) is 9.14. The maximum Gasteiger partial charge on any atom is 0.172 e. The zero-order valence-electron chi connectivity index (χ0n) is 6.09. The SMILES string of the molecule is OCCc1cc(I)c(O)c(Cl)n1. The van der Waals surface area contributed by atoms with Crippen molar-refractivity contribution in [3.63, 3.8) is 0 Å². The maximum absolute atomic E-state index is 9.23. The van der Waals surface area contributed by atoms with Gasteiger partial charge in [-0.25, -0.2) is 4.98 Å². The van der Waals surface area contributed by atoms with Gasteiger partial charge in [-0.3, -0.25) is 0 Å². The first-order valence-electron chi connectivity index (χ1n) is 3.30. The monoisotopic (exact) mass is 299 g/mol. The number of nitrogens with zero attached hydrogens (tertiary/aromatic N) is 1. The van der Waals surface area contributed by atoms with Gasteiger partial charge in [0, 0.05) is 18.7 Å². The highest BCUT2D eigenvalue weighted by Gasteiger charge is 2.06. The number of aliphatic hydroxyl groups is 1. The first-order chi connectivity index (χ1) is 5.65. The Hall–Kier alpha value is -0.0700. The molecule has 0 bridgehead atoms. The molecule has 0 spiro atoms. The molecule has 66 valence electrons. The largest absolute Gasteiger partial charge is 0.504 e. The summed E-state index contributed by atoms with van der Waals surface area (Å²) < 4.78 is 0.649. The van der Waals surface area contributed by atoms with Crippen LogP contribution in [-0.2, 0) is 6.42 Å². The van der Waals surface area contributed by atoms with Crippen LogP contribution in [0.2, 0.25) is 5.15 Å². The Bertz CT molecular complexity index is 270. The molecule has 3 nitrogen and oxygen atoms in total. The van der Waals surface area contributed by atoms with Crippen molar-refractivity contribution >= 4 is 34.2 Å². The van der Waals surface area contributed by atoms with E-state index < -0.39 is 0 Å². The molecule has 1 rings (SSSR count). The third-order valence-corrected chi connectivity index (χ3v) is 2.41. The molecule has 0 saturated heterocycles. The number of aromatic hydroxyl groups is 1. The van der Waals surface area contributed by atoms with E-state index >= 15 is 0 Å². The predicted molar refractivity (Wildman–Crippen MR) is 54.4 cm³/mol. The van der Waals surface area contributed by atoms with Crippen molar-refractivity contribution in [2.75, 3.05) is 6.61 Å². The second-order valence-electron chi connectivity index (χ2n) is 2.21. The van der Waals surface area contributed by atoms with Crippen LogP contribution in [0.5, 0.6) is 5.75 Å². The van der Waals surface area contributed by atoms with Crippen molar-refractivity contribution in [1.29, 1.82) is 0 Å². The van der Waals surface area contributed by atoms with E-state index in [4.69, 9.17) is 16.7 Å². The molecular formula is C7H7ClINO2. The third kappa shape index (κ3) is 2.21. The van der Waals surface area contributed by atoms with Crippen LogP contribution < -0.4 is 0 Å². The number of aromatic nitrogens is 1. The number of pyridine rings is 1. The van der Waals surface area contributed by atoms with Gasteiger partial charge in [-0.15, -0.1) is 0 Å². The highest BCUT2D eigenvalue weighted by molar-refractivity contribution is 14.1. The third-order valence-electron chi connectivity index (χ3n) is 1.32. The molecule has 0 radical (unpaired) electrons. The lowest BCUT2D eigenvalue weighted by Crippen LogP contribution is -1.95. The van der Waals surface area contributed by atoms with Crippen LogP contribution in [0.1, 0.15) is 5.69 Å². The average molecular weight is 299 g/mol. The lowest BCUT2D eigenvalue weighted by Gasteiger charge is -2.02. The van der Waals surface area contributed by atoms with Gasteiger partial charge in [-0.05, 0) is 28.7 Å². The fourth-order valence-corrected chi connectivity index (χ4v) is 1.75. The molecule has 0 aliphatic rings. The molecule has 0 aliphatic heterocycles. The summed E-state index contributed by atoms with van der Waals surface area (Å²) in [5.74, 6) is -0.000966. The zero-order valence-corrected chi connectivity index (χ0v) is 9.00. The number of hydrogen-bond donors (Lipinski definition) is 2. The Morgan fingerprint density at radius 1 is 1.58 bits per heavy atom. The Labute approximate surface area is 88.5 Å². The number of aliphatic hydroxyl groups excluding tert-OH is 1. The lowest BCUT2D eigenvalue weighted by atomic mass is 10.3. The Morgan fingerprint density at radius 3 is 2.75 bits per heavy atom. The minimum absolute atomic E-state index is 0.000966. The smallest absolute Gasteiger partial charge is 0.172 e. The van der Waals surface area contributed by atoms with Gasteiger partial charge in [0.15, 0.2) is 10.9 Å². The van der Waals surface area contributed by atoms with Crippen molar-refractivity contribution in [3.8, 4) is 5.75 Å². The highest BCUT2D eigenvalue weighted by atomic mass is 127. The van der Waals surface area contributed by atoms with E-state index in [0.29, 0.717) is 15.7 Å². The first kappa shape index (κ1) is 10.0. The van der Waals surface area contributed by atoms with Crippen LogP contribution in [-0.4, -0.2) is 21.8 Å². The summed E-state index contributed by atoms with van der Waals surface area (Å²) in [5, 5.41) is 17.9. The van der Waals surface area contributed by atoms with Gasteiger partial charge in [-0.1, -0.05) is 11.6 Å². The van der Waals surface area contributed by atoms with Crippen LogP contribution in [0, 0.1) is 3.57 Å². The molecule has 5 heteroatoms. The van der Waals surface area contributed by atoms with E-state index in [9.17, 15) is 5.11 Å². The molecule has 0 amide bonds. The predicted octanol–water partition coefficient (Wildman–Crippen LogP) is 1.58. The molecule has 1 aromatic heterocycles. The molecule has 0 atom stereocenters. The highest BCUT2D eigenvalue weighted by Crippen LogP contribution is 2.27. The summed E-state index contributed by atoms with van der Waals surface area (Å²) in [4.78, 5) is 3.87. The van der Waals surface area contributed by atoms with Gasteiger partial charge in [0.2, 0.25) is 0 Å². The van der Waals surface area contributed by atoms with E-state index in [1.54, 1.807) is 6.07 Å². The van der Waals surface area contributed by atoms with Gasteiger partial charge in [0.05, 0.1) is 3.57 Å². The van der Waals surface area contributed by atoms with Crippen LogP contribution >= 0.6 is 34.2 Å². The van der Waals surface area contributed by atoms with Crippen molar-refractivity contribution in [1.82, 2.24) is 4.98 Å². The minimum Gasteiger partial charge on any atom is -0.504 e. The van der Waals surface area contributed by atoms with Gasteiger partial charge in [0.1, 0.15) is 0 Å². The summed E-state index contributed by atoms with van der Waals surface area (Å²) in [6.45, 7) is 0.0319. The lowest BCUT2D eigenvalue weighted by molar-refractivity contribution is 0.298. The fraction of sp³-hybridized carbons (Fsp3) is 0.286. The normalized spacial score (nSPS) is 10.2. The number of hydrogen-bond acceptors (Lipinski definition) is 3. The second kappa shape index (κ2) is 4.25. The molecule has 0 aromatic carbocycles. The van der Waals surface area contributed by atoms with E-state index in [2.05, 4.69) is 4.98 Å². The van der Waals surface area contributed by atoms with E-state index in [0.717, 1.165) is 0 Å². The number of halogens is 2. The van der Waals surface area contributed by atoms with Crippen LogP contribution in [0.3, 0.4) is 0 Å². The van der Waals surface area contributed by atoms with Crippen molar-refractivity contribution < 1.29 is 10.2 Å². The van der Waals surface area contributed by atoms with Crippen LogP contribution in [0.4, 0.5) is 0 Å². The van der Waals surface area contributed by atoms with E-state index in [1.165, 1.54) is 0 Å². The molecule has 0 unspecified atom stereocenters. The van der Waals surface area contributed by atoms with Gasteiger partial charge in [-0.2, -0.15) is 0 Å². The Balaban J connectivity index is 3.04. The first-order valence-corrected chi connectivity index (χ1v) is 4.75. The van der Waals surface area contributed by atoms with Crippen molar-refractivity contribution in [2.24, 2.45) is 0 Å². The molecular weight excluding hydrogens is 292 g/mol. The van der Waals surface area contributed by atoms with Crippen LogP contribution in [0.15, 0.2) is 6.07 Å². The topological polar surface area (TPSA) is 53.4 Å². The second-order valence-corrected chi connectivity index (χ2v) is 3.73. The van der Waals surface area contributed by atoms with Crippen molar-refractivity contribution in [2.45, 2.75) is 6.42 Å². The molecule has 0 aliphatic carbocycles. The number of rotatable bonds is 2. The molecule has 0 saturated carbocycles. The summed E-state index contributed by atoms with van der Waals surface area (Å²) in [5.41, 5.74) is 0.685. The van der Waals surface area contributed by atoms with Crippen molar-refractivity contribution in [3.05, 3.63) is 20.5 Å². The van der Waals surface area contributed by atoms with Crippen LogP contribution in [0.25, 0.3) is 0 Å². The summed E-state index contributed by atoms with van der Waals surface area (Å²) in [6, 6.07) is 1.69. The molecule has 0 fully saturated rings. The van der Waals surface area contributed by atoms with Gasteiger partial charge >= 0.3 is 0 Å². The summed E-state index contributed by atoms with van der Waals surface area (Å²) in [7, 11) is 0. The maximum atomic E-state index is 9.23.